The lowest BCUT2D eigenvalue weighted by Gasteiger charge is -2.27. The lowest BCUT2D eigenvalue weighted by atomic mass is 10.0. The molecule has 0 aliphatic carbocycles. The number of carbonyl (C=O) groups excluding carboxylic acids is 1. The standard InChI is InChI=1S/C15H22N2O3/c1-3-12-9-17-13-8-11(4-5-14(13)20-12)15(19)10(2)16-6-7-18/h4-5,8,10,12,16-18H,3,6-7,9H2,1-2H3. The highest BCUT2D eigenvalue weighted by molar-refractivity contribution is 6.01. The third-order valence-corrected chi connectivity index (χ3v) is 3.49. The van der Waals surface area contributed by atoms with Crippen molar-refractivity contribution in [2.75, 3.05) is 25.0 Å². The summed E-state index contributed by atoms with van der Waals surface area (Å²) in [6.45, 7) is 5.09. The van der Waals surface area contributed by atoms with Crippen molar-refractivity contribution in [1.29, 1.82) is 0 Å². The smallest absolute Gasteiger partial charge is 0.179 e. The van der Waals surface area contributed by atoms with Crippen LogP contribution in [0.3, 0.4) is 0 Å². The van der Waals surface area contributed by atoms with Crippen molar-refractivity contribution < 1.29 is 14.6 Å². The first-order valence-electron chi connectivity index (χ1n) is 7.08. The third kappa shape index (κ3) is 3.29. The van der Waals surface area contributed by atoms with Gasteiger partial charge in [-0.25, -0.2) is 0 Å². The maximum atomic E-state index is 12.2. The average Bonchev–Trinajstić information content (AvgIpc) is 2.50. The molecule has 1 aliphatic heterocycles. The Labute approximate surface area is 119 Å². The van der Waals surface area contributed by atoms with Gasteiger partial charge in [-0.1, -0.05) is 6.92 Å². The van der Waals surface area contributed by atoms with E-state index in [0.717, 1.165) is 24.4 Å². The molecule has 0 radical (unpaired) electrons. The molecule has 20 heavy (non-hydrogen) atoms. The molecule has 0 fully saturated rings. The van der Waals surface area contributed by atoms with Crippen LogP contribution in [0.4, 0.5) is 5.69 Å². The summed E-state index contributed by atoms with van der Waals surface area (Å²) in [5, 5.41) is 15.1. The Bertz CT molecular complexity index is 476. The molecular weight excluding hydrogens is 256 g/mol. The van der Waals surface area contributed by atoms with Gasteiger partial charge in [0.25, 0.3) is 0 Å². The normalized spacial score (nSPS) is 18.6. The van der Waals surface area contributed by atoms with Gasteiger partial charge in [0.2, 0.25) is 0 Å². The van der Waals surface area contributed by atoms with Gasteiger partial charge in [0.1, 0.15) is 11.9 Å². The van der Waals surface area contributed by atoms with Crippen LogP contribution in [0.2, 0.25) is 0 Å². The molecule has 1 heterocycles. The monoisotopic (exact) mass is 278 g/mol. The first-order chi connectivity index (χ1) is 9.65. The first-order valence-corrected chi connectivity index (χ1v) is 7.08. The van der Waals surface area contributed by atoms with Crippen molar-refractivity contribution in [2.45, 2.75) is 32.4 Å². The molecule has 1 aromatic rings. The molecule has 5 nitrogen and oxygen atoms in total. The summed E-state index contributed by atoms with van der Waals surface area (Å²) < 4.78 is 5.82. The van der Waals surface area contributed by atoms with Crippen LogP contribution < -0.4 is 15.4 Å². The minimum absolute atomic E-state index is 0.0145. The fourth-order valence-corrected chi connectivity index (χ4v) is 2.22. The van der Waals surface area contributed by atoms with Crippen molar-refractivity contribution >= 4 is 11.5 Å². The van der Waals surface area contributed by atoms with Gasteiger partial charge >= 0.3 is 0 Å². The van der Waals surface area contributed by atoms with Crippen LogP contribution in [0.5, 0.6) is 5.75 Å². The summed E-state index contributed by atoms with van der Waals surface area (Å²) in [5.74, 6) is 0.816. The number of carbonyl (C=O) groups is 1. The Balaban J connectivity index is 2.09. The van der Waals surface area contributed by atoms with E-state index >= 15 is 0 Å². The van der Waals surface area contributed by atoms with Crippen molar-refractivity contribution in [2.24, 2.45) is 0 Å². The van der Waals surface area contributed by atoms with E-state index < -0.39 is 0 Å². The number of aliphatic hydroxyl groups excluding tert-OH is 1. The number of Topliss-reactive ketones (excluding diaryl/α,β-unsaturated/α-hetero) is 1. The predicted octanol–water partition coefficient (Wildman–Crippen LogP) is 1.42. The Morgan fingerprint density at radius 1 is 1.60 bits per heavy atom. The summed E-state index contributed by atoms with van der Waals surface area (Å²) in [7, 11) is 0. The van der Waals surface area contributed by atoms with Gasteiger partial charge in [-0.15, -0.1) is 0 Å². The number of hydrogen-bond donors (Lipinski definition) is 3. The molecule has 0 saturated heterocycles. The van der Waals surface area contributed by atoms with Crippen molar-refractivity contribution in [1.82, 2.24) is 5.32 Å². The molecule has 2 unspecified atom stereocenters. The van der Waals surface area contributed by atoms with Crippen molar-refractivity contribution in [3.8, 4) is 5.75 Å². The van der Waals surface area contributed by atoms with Crippen LogP contribution in [0.15, 0.2) is 18.2 Å². The Kier molecular flexibility index (Phi) is 4.98. The quantitative estimate of drug-likeness (QED) is 0.687. The van der Waals surface area contributed by atoms with Crippen molar-refractivity contribution in [3.05, 3.63) is 23.8 Å². The molecule has 0 bridgehead atoms. The van der Waals surface area contributed by atoms with Crippen molar-refractivity contribution in [3.63, 3.8) is 0 Å². The number of aliphatic hydroxyl groups is 1. The van der Waals surface area contributed by atoms with Crippen LogP contribution in [0, 0.1) is 0 Å². The second-order valence-electron chi connectivity index (χ2n) is 5.00. The molecule has 2 atom stereocenters. The lowest BCUT2D eigenvalue weighted by Crippen LogP contribution is -2.36. The highest BCUT2D eigenvalue weighted by Gasteiger charge is 2.20. The molecular formula is C15H22N2O3. The second kappa shape index (κ2) is 6.72. The molecule has 0 spiro atoms. The van der Waals surface area contributed by atoms with Gasteiger partial charge in [0.05, 0.1) is 24.9 Å². The Morgan fingerprint density at radius 3 is 3.10 bits per heavy atom. The fraction of sp³-hybridized carbons (Fsp3) is 0.533. The summed E-state index contributed by atoms with van der Waals surface area (Å²) in [4.78, 5) is 12.2. The molecule has 1 aliphatic rings. The molecule has 0 amide bonds. The number of ether oxygens (including phenoxy) is 1. The van der Waals surface area contributed by atoms with E-state index in [0.29, 0.717) is 12.1 Å². The molecule has 1 aromatic carbocycles. The molecule has 0 aromatic heterocycles. The average molecular weight is 278 g/mol. The van der Waals surface area contributed by atoms with Gasteiger partial charge in [-0.3, -0.25) is 4.79 Å². The zero-order chi connectivity index (χ0) is 14.5. The summed E-state index contributed by atoms with van der Waals surface area (Å²) in [5.41, 5.74) is 1.52. The predicted molar refractivity (Wildman–Crippen MR) is 78.5 cm³/mol. The van der Waals surface area contributed by atoms with Gasteiger partial charge in [-0.2, -0.15) is 0 Å². The van der Waals surface area contributed by atoms with E-state index in [4.69, 9.17) is 9.84 Å². The number of rotatable bonds is 6. The zero-order valence-corrected chi connectivity index (χ0v) is 12.0. The first kappa shape index (κ1) is 14.8. The highest BCUT2D eigenvalue weighted by Crippen LogP contribution is 2.30. The maximum absolute atomic E-state index is 12.2. The molecule has 5 heteroatoms. The fourth-order valence-electron chi connectivity index (χ4n) is 2.22. The number of nitrogens with one attached hydrogen (secondary N) is 2. The lowest BCUT2D eigenvalue weighted by molar-refractivity contribution is 0.0948. The second-order valence-corrected chi connectivity index (χ2v) is 5.00. The van der Waals surface area contributed by atoms with Gasteiger partial charge in [0, 0.05) is 12.1 Å². The van der Waals surface area contributed by atoms with Crippen LogP contribution in [0.25, 0.3) is 0 Å². The Morgan fingerprint density at radius 2 is 2.40 bits per heavy atom. The number of anilines is 1. The van der Waals surface area contributed by atoms with Crippen LogP contribution in [-0.4, -0.2) is 42.7 Å². The van der Waals surface area contributed by atoms with Gasteiger partial charge in [0.15, 0.2) is 5.78 Å². The van der Waals surface area contributed by atoms with E-state index in [-0.39, 0.29) is 24.5 Å². The van der Waals surface area contributed by atoms with E-state index in [2.05, 4.69) is 17.6 Å². The van der Waals surface area contributed by atoms with E-state index in [9.17, 15) is 4.79 Å². The number of ketones is 1. The minimum atomic E-state index is -0.312. The van der Waals surface area contributed by atoms with Crippen LogP contribution in [-0.2, 0) is 0 Å². The minimum Gasteiger partial charge on any atom is -0.486 e. The van der Waals surface area contributed by atoms with Gasteiger partial charge in [-0.05, 0) is 31.5 Å². The number of hydrogen-bond acceptors (Lipinski definition) is 5. The number of fused-ring (bicyclic) bond motifs is 1. The maximum Gasteiger partial charge on any atom is 0.179 e. The van der Waals surface area contributed by atoms with Gasteiger partial charge < -0.3 is 20.5 Å². The topological polar surface area (TPSA) is 70.6 Å². The van der Waals surface area contributed by atoms with E-state index in [1.54, 1.807) is 13.0 Å². The SMILES string of the molecule is CCC1CNc2cc(C(=O)C(C)NCCO)ccc2O1. The van der Waals surface area contributed by atoms with E-state index in [1.165, 1.54) is 0 Å². The largest absolute Gasteiger partial charge is 0.486 e. The molecule has 3 N–H and O–H groups in total. The Hall–Kier alpha value is -1.59. The highest BCUT2D eigenvalue weighted by atomic mass is 16.5. The third-order valence-electron chi connectivity index (χ3n) is 3.49. The molecule has 2 rings (SSSR count). The summed E-state index contributed by atoms with van der Waals surface area (Å²) >= 11 is 0. The molecule has 110 valence electrons. The van der Waals surface area contributed by atoms with Crippen LogP contribution >= 0.6 is 0 Å². The van der Waals surface area contributed by atoms with E-state index in [1.807, 2.05) is 12.1 Å². The summed E-state index contributed by atoms with van der Waals surface area (Å²) in [6.07, 6.45) is 1.14. The molecule has 0 saturated carbocycles. The van der Waals surface area contributed by atoms with Crippen LogP contribution in [0.1, 0.15) is 30.6 Å². The number of benzene rings is 1. The zero-order valence-electron chi connectivity index (χ0n) is 12.0. The summed E-state index contributed by atoms with van der Waals surface area (Å²) in [6, 6.07) is 5.16.